The molecule has 0 spiro atoms. The number of hydrogen-bond acceptors (Lipinski definition) is 3. The molecule has 5 nitrogen and oxygen atoms in total. The lowest BCUT2D eigenvalue weighted by molar-refractivity contribution is -0.122. The Morgan fingerprint density at radius 3 is 2.65 bits per heavy atom. The first kappa shape index (κ1) is 17.3. The number of nitrogens with two attached hydrogens (primary N) is 1. The van der Waals surface area contributed by atoms with Crippen LogP contribution in [-0.4, -0.2) is 11.9 Å². The van der Waals surface area contributed by atoms with Gasteiger partial charge in [-0.1, -0.05) is 29.8 Å². The number of nitrogens with one attached hydrogen (secondary N) is 2. The Labute approximate surface area is 143 Å². The average molecular weight is 352 g/mol. The van der Waals surface area contributed by atoms with Crippen molar-refractivity contribution in [1.29, 1.82) is 0 Å². The van der Waals surface area contributed by atoms with E-state index in [-0.39, 0.29) is 18.4 Å². The van der Waals surface area contributed by atoms with Crippen LogP contribution < -0.4 is 16.4 Å². The standard InChI is InChI=1S/C16H18ClN3O2S/c1-10(11-4-2-5-12(17)8-11)19-15(21)9-13(20-16(18)22)14-6-3-7-23-14/h2-8,10,13H,9H2,1H3,(H,19,21)(H3,18,20,22). The van der Waals surface area contributed by atoms with Crippen LogP contribution in [0.5, 0.6) is 0 Å². The molecule has 122 valence electrons. The van der Waals surface area contributed by atoms with E-state index in [1.165, 1.54) is 11.3 Å². The summed E-state index contributed by atoms with van der Waals surface area (Å²) >= 11 is 7.43. The molecule has 0 saturated carbocycles. The zero-order chi connectivity index (χ0) is 16.8. The summed E-state index contributed by atoms with van der Waals surface area (Å²) in [7, 11) is 0. The molecule has 0 aliphatic rings. The highest BCUT2D eigenvalue weighted by Crippen LogP contribution is 2.23. The molecule has 2 rings (SSSR count). The number of amides is 3. The second-order valence-electron chi connectivity index (χ2n) is 5.12. The molecule has 1 aromatic heterocycles. The van der Waals surface area contributed by atoms with Crippen molar-refractivity contribution in [3.05, 3.63) is 57.2 Å². The molecule has 7 heteroatoms. The number of halogens is 1. The molecule has 2 aromatic rings. The first-order valence-electron chi connectivity index (χ1n) is 7.10. The van der Waals surface area contributed by atoms with Crippen LogP contribution in [0.2, 0.25) is 5.02 Å². The van der Waals surface area contributed by atoms with Gasteiger partial charge in [0.25, 0.3) is 0 Å². The number of primary amides is 1. The largest absolute Gasteiger partial charge is 0.352 e. The Morgan fingerprint density at radius 1 is 1.26 bits per heavy atom. The highest BCUT2D eigenvalue weighted by molar-refractivity contribution is 7.10. The first-order valence-corrected chi connectivity index (χ1v) is 8.35. The van der Waals surface area contributed by atoms with Gasteiger partial charge in [-0.05, 0) is 36.1 Å². The van der Waals surface area contributed by atoms with Crippen molar-refractivity contribution in [2.24, 2.45) is 5.73 Å². The molecular weight excluding hydrogens is 334 g/mol. The molecule has 3 amide bonds. The van der Waals surface area contributed by atoms with E-state index in [9.17, 15) is 9.59 Å². The van der Waals surface area contributed by atoms with Crippen molar-refractivity contribution in [3.63, 3.8) is 0 Å². The van der Waals surface area contributed by atoms with E-state index in [1.807, 2.05) is 42.6 Å². The minimum Gasteiger partial charge on any atom is -0.352 e. The van der Waals surface area contributed by atoms with Crippen LogP contribution in [0.3, 0.4) is 0 Å². The van der Waals surface area contributed by atoms with Gasteiger partial charge in [-0.3, -0.25) is 4.79 Å². The normalized spacial score (nSPS) is 13.1. The summed E-state index contributed by atoms with van der Waals surface area (Å²) in [6.07, 6.45) is 0.119. The predicted octanol–water partition coefficient (Wildman–Crippen LogP) is 3.38. The highest BCUT2D eigenvalue weighted by Gasteiger charge is 2.19. The number of urea groups is 1. The lowest BCUT2D eigenvalue weighted by Gasteiger charge is -2.19. The van der Waals surface area contributed by atoms with Gasteiger partial charge in [0.1, 0.15) is 0 Å². The second-order valence-corrected chi connectivity index (χ2v) is 6.54. The summed E-state index contributed by atoms with van der Waals surface area (Å²) in [6, 6.07) is 9.78. The molecular formula is C16H18ClN3O2S. The number of carbonyl (C=O) groups is 2. The van der Waals surface area contributed by atoms with Gasteiger partial charge in [0.15, 0.2) is 0 Å². The van der Waals surface area contributed by atoms with Gasteiger partial charge in [-0.15, -0.1) is 11.3 Å². The molecule has 23 heavy (non-hydrogen) atoms. The van der Waals surface area contributed by atoms with Crippen LogP contribution >= 0.6 is 22.9 Å². The third kappa shape index (κ3) is 5.26. The summed E-state index contributed by atoms with van der Waals surface area (Å²) in [5.41, 5.74) is 6.11. The summed E-state index contributed by atoms with van der Waals surface area (Å²) in [6.45, 7) is 1.88. The van der Waals surface area contributed by atoms with Crippen molar-refractivity contribution >= 4 is 34.9 Å². The third-order valence-corrected chi connectivity index (χ3v) is 4.54. The van der Waals surface area contributed by atoms with E-state index < -0.39 is 12.1 Å². The lowest BCUT2D eigenvalue weighted by atomic mass is 10.1. The van der Waals surface area contributed by atoms with Gasteiger partial charge in [-0.25, -0.2) is 4.79 Å². The Kier molecular flexibility index (Phi) is 6.01. The molecule has 2 atom stereocenters. The minimum atomic E-state index is -0.654. The zero-order valence-corrected chi connectivity index (χ0v) is 14.2. The van der Waals surface area contributed by atoms with Crippen LogP contribution in [-0.2, 0) is 4.79 Å². The summed E-state index contributed by atoms with van der Waals surface area (Å²) in [4.78, 5) is 24.3. The SMILES string of the molecule is CC(NC(=O)CC(NC(N)=O)c1cccs1)c1cccc(Cl)c1. The zero-order valence-electron chi connectivity index (χ0n) is 12.6. The maximum absolute atomic E-state index is 12.3. The summed E-state index contributed by atoms with van der Waals surface area (Å²) in [5, 5.41) is 8.01. The van der Waals surface area contributed by atoms with Crippen LogP contribution in [0.4, 0.5) is 4.79 Å². The number of carbonyl (C=O) groups excluding carboxylic acids is 2. The molecule has 0 bridgehead atoms. The van der Waals surface area contributed by atoms with E-state index in [0.29, 0.717) is 5.02 Å². The van der Waals surface area contributed by atoms with Gasteiger partial charge in [0.2, 0.25) is 5.91 Å². The Hall–Kier alpha value is -2.05. The molecule has 2 unspecified atom stereocenters. The van der Waals surface area contributed by atoms with Gasteiger partial charge >= 0.3 is 6.03 Å². The average Bonchev–Trinajstić information content (AvgIpc) is 3.00. The molecule has 0 fully saturated rings. The second kappa shape index (κ2) is 7.99. The predicted molar refractivity (Wildman–Crippen MR) is 92.4 cm³/mol. The van der Waals surface area contributed by atoms with Crippen molar-refractivity contribution in [2.45, 2.75) is 25.4 Å². The molecule has 4 N–H and O–H groups in total. The van der Waals surface area contributed by atoms with E-state index in [0.717, 1.165) is 10.4 Å². The van der Waals surface area contributed by atoms with Crippen molar-refractivity contribution in [3.8, 4) is 0 Å². The molecule has 0 saturated heterocycles. The van der Waals surface area contributed by atoms with Crippen LogP contribution in [0, 0.1) is 0 Å². The molecule has 1 aromatic carbocycles. The van der Waals surface area contributed by atoms with Gasteiger partial charge in [0, 0.05) is 9.90 Å². The maximum atomic E-state index is 12.3. The van der Waals surface area contributed by atoms with Crippen LogP contribution in [0.1, 0.15) is 35.9 Å². The smallest absolute Gasteiger partial charge is 0.312 e. The minimum absolute atomic E-state index is 0.119. The molecule has 0 aliphatic heterocycles. The maximum Gasteiger partial charge on any atom is 0.312 e. The van der Waals surface area contributed by atoms with E-state index in [4.69, 9.17) is 17.3 Å². The van der Waals surface area contributed by atoms with E-state index in [1.54, 1.807) is 6.07 Å². The van der Waals surface area contributed by atoms with E-state index >= 15 is 0 Å². The molecule has 1 heterocycles. The fraction of sp³-hybridized carbons (Fsp3) is 0.250. The van der Waals surface area contributed by atoms with Gasteiger partial charge in [0.05, 0.1) is 18.5 Å². The molecule has 0 radical (unpaired) electrons. The monoisotopic (exact) mass is 351 g/mol. The number of benzene rings is 1. The Balaban J connectivity index is 2.00. The van der Waals surface area contributed by atoms with Gasteiger partial charge in [-0.2, -0.15) is 0 Å². The van der Waals surface area contributed by atoms with Crippen molar-refractivity contribution in [2.75, 3.05) is 0 Å². The third-order valence-electron chi connectivity index (χ3n) is 3.32. The Bertz CT molecular complexity index is 676. The van der Waals surface area contributed by atoms with Crippen LogP contribution in [0.15, 0.2) is 41.8 Å². The Morgan fingerprint density at radius 2 is 2.04 bits per heavy atom. The van der Waals surface area contributed by atoms with E-state index in [2.05, 4.69) is 10.6 Å². The summed E-state index contributed by atoms with van der Waals surface area (Å²) < 4.78 is 0. The quantitative estimate of drug-likeness (QED) is 0.745. The molecule has 0 aliphatic carbocycles. The number of thiophene rings is 1. The lowest BCUT2D eigenvalue weighted by Crippen LogP contribution is -2.36. The fourth-order valence-corrected chi connectivity index (χ4v) is 3.21. The van der Waals surface area contributed by atoms with Crippen molar-refractivity contribution in [1.82, 2.24) is 10.6 Å². The van der Waals surface area contributed by atoms with Gasteiger partial charge < -0.3 is 16.4 Å². The van der Waals surface area contributed by atoms with Crippen LogP contribution in [0.25, 0.3) is 0 Å². The fourth-order valence-electron chi connectivity index (χ4n) is 2.23. The number of hydrogen-bond donors (Lipinski definition) is 3. The highest BCUT2D eigenvalue weighted by atomic mass is 35.5. The topological polar surface area (TPSA) is 84.2 Å². The first-order chi connectivity index (χ1) is 11.0. The number of rotatable bonds is 6. The van der Waals surface area contributed by atoms with Crippen molar-refractivity contribution < 1.29 is 9.59 Å². The summed E-state index contributed by atoms with van der Waals surface area (Å²) in [5.74, 6) is -0.176.